The van der Waals surface area contributed by atoms with E-state index in [0.717, 1.165) is 39.8 Å². The average molecular weight is 408 g/mol. The highest BCUT2D eigenvalue weighted by molar-refractivity contribution is 7.16. The number of thiazole rings is 1. The Morgan fingerprint density at radius 2 is 1.89 bits per heavy atom. The molecule has 5 nitrogen and oxygen atoms in total. The number of carboxylic acid groups (broad SMARTS) is 1. The van der Waals surface area contributed by atoms with Gasteiger partial charge in [-0.15, -0.1) is 0 Å². The fourth-order valence-corrected chi connectivity index (χ4v) is 3.89. The molecule has 1 N–H and O–H groups in total. The van der Waals surface area contributed by atoms with Crippen molar-refractivity contribution in [2.45, 2.75) is 26.1 Å². The third-order valence-corrected chi connectivity index (χ3v) is 5.18. The van der Waals surface area contributed by atoms with Gasteiger partial charge in [0.15, 0.2) is 4.80 Å². The van der Waals surface area contributed by atoms with Gasteiger partial charge in [-0.05, 0) is 49.7 Å². The summed E-state index contributed by atoms with van der Waals surface area (Å²) in [6.07, 6.45) is -4.58. The molecular formula is C19H15F3N2O3S. The van der Waals surface area contributed by atoms with Crippen LogP contribution in [0.25, 0.3) is 10.2 Å². The quantitative estimate of drug-likeness (QED) is 0.698. The molecule has 0 radical (unpaired) electrons. The SMILES string of the molecule is Cc1ccc2c(c1)s/c(=N\C(=O)c1cccc(C(F)(F)F)c1)n2C(C)C(=O)O. The molecule has 3 rings (SSSR count). The molecule has 0 aliphatic carbocycles. The summed E-state index contributed by atoms with van der Waals surface area (Å²) in [5.41, 5.74) is 0.353. The lowest BCUT2D eigenvalue weighted by atomic mass is 10.1. The second-order valence-corrected chi connectivity index (χ2v) is 7.24. The summed E-state index contributed by atoms with van der Waals surface area (Å²) in [6, 6.07) is 8.33. The molecule has 1 atom stereocenters. The Morgan fingerprint density at radius 1 is 1.18 bits per heavy atom. The fraction of sp³-hybridized carbons (Fsp3) is 0.211. The smallest absolute Gasteiger partial charge is 0.416 e. The molecule has 0 bridgehead atoms. The highest BCUT2D eigenvalue weighted by Gasteiger charge is 2.31. The number of rotatable bonds is 3. The van der Waals surface area contributed by atoms with E-state index in [2.05, 4.69) is 4.99 Å². The molecule has 1 heterocycles. The van der Waals surface area contributed by atoms with Crippen molar-refractivity contribution in [3.05, 3.63) is 64.0 Å². The lowest BCUT2D eigenvalue weighted by Crippen LogP contribution is -2.25. The number of halogens is 3. The van der Waals surface area contributed by atoms with E-state index >= 15 is 0 Å². The van der Waals surface area contributed by atoms with Crippen molar-refractivity contribution in [2.24, 2.45) is 4.99 Å². The number of fused-ring (bicyclic) bond motifs is 1. The van der Waals surface area contributed by atoms with E-state index < -0.39 is 29.7 Å². The Hall–Kier alpha value is -2.94. The van der Waals surface area contributed by atoms with Crippen LogP contribution in [0.15, 0.2) is 47.5 Å². The van der Waals surface area contributed by atoms with Crippen molar-refractivity contribution in [1.29, 1.82) is 0 Å². The first-order chi connectivity index (χ1) is 13.1. The highest BCUT2D eigenvalue weighted by atomic mass is 32.1. The summed E-state index contributed by atoms with van der Waals surface area (Å²) in [5, 5.41) is 9.40. The Morgan fingerprint density at radius 3 is 2.54 bits per heavy atom. The number of carbonyl (C=O) groups excluding carboxylic acids is 1. The highest BCUT2D eigenvalue weighted by Crippen LogP contribution is 2.29. The molecule has 0 fully saturated rings. The number of carboxylic acids is 1. The van der Waals surface area contributed by atoms with Crippen molar-refractivity contribution in [3.8, 4) is 0 Å². The first-order valence-electron chi connectivity index (χ1n) is 8.19. The maximum Gasteiger partial charge on any atom is 0.416 e. The third kappa shape index (κ3) is 3.84. The predicted octanol–water partition coefficient (Wildman–Crippen LogP) is 4.42. The first-order valence-corrected chi connectivity index (χ1v) is 9.00. The Bertz CT molecular complexity index is 1150. The van der Waals surface area contributed by atoms with Gasteiger partial charge in [-0.25, -0.2) is 4.79 Å². The van der Waals surface area contributed by atoms with Crippen LogP contribution in [0.4, 0.5) is 13.2 Å². The summed E-state index contributed by atoms with van der Waals surface area (Å²) < 4.78 is 40.8. The zero-order chi connectivity index (χ0) is 20.6. The maximum absolute atomic E-state index is 12.9. The Balaban J connectivity index is 2.17. The summed E-state index contributed by atoms with van der Waals surface area (Å²) in [6.45, 7) is 3.32. The van der Waals surface area contributed by atoms with E-state index in [1.165, 1.54) is 17.6 Å². The van der Waals surface area contributed by atoms with Gasteiger partial charge in [0, 0.05) is 5.56 Å². The number of alkyl halides is 3. The standard InChI is InChI=1S/C19H15F3N2O3S/c1-10-6-7-14-15(8-10)28-18(24(14)11(2)17(26)27)23-16(25)12-4-3-5-13(9-12)19(20,21)22/h3-9,11H,1-2H3,(H,26,27)/b23-18-. The molecule has 2 aromatic carbocycles. The predicted molar refractivity (Wildman–Crippen MR) is 98.2 cm³/mol. The number of aromatic nitrogens is 1. The van der Waals surface area contributed by atoms with Gasteiger partial charge in [0.25, 0.3) is 5.91 Å². The molecular weight excluding hydrogens is 393 g/mol. The lowest BCUT2D eigenvalue weighted by molar-refractivity contribution is -0.140. The summed E-state index contributed by atoms with van der Waals surface area (Å²) >= 11 is 1.11. The molecule has 3 aromatic rings. The molecule has 146 valence electrons. The molecule has 1 amide bonds. The largest absolute Gasteiger partial charge is 0.480 e. The van der Waals surface area contributed by atoms with E-state index in [9.17, 15) is 27.9 Å². The van der Waals surface area contributed by atoms with E-state index in [1.54, 1.807) is 12.1 Å². The van der Waals surface area contributed by atoms with Crippen molar-refractivity contribution >= 4 is 33.4 Å². The van der Waals surface area contributed by atoms with Gasteiger partial charge in [-0.2, -0.15) is 18.2 Å². The third-order valence-electron chi connectivity index (χ3n) is 4.16. The molecule has 9 heteroatoms. The Kier molecular flexibility index (Phi) is 5.12. The van der Waals surface area contributed by atoms with Crippen LogP contribution in [0, 0.1) is 6.92 Å². The average Bonchev–Trinajstić information content (AvgIpc) is 2.96. The van der Waals surface area contributed by atoms with Crippen LogP contribution in [-0.2, 0) is 11.0 Å². The molecule has 0 spiro atoms. The number of nitrogens with zero attached hydrogens (tertiary/aromatic N) is 2. The Labute approximate surface area is 161 Å². The first kappa shape index (κ1) is 19.8. The molecule has 0 aliphatic rings. The van der Waals surface area contributed by atoms with E-state index in [4.69, 9.17) is 0 Å². The number of carbonyl (C=O) groups is 2. The number of hydrogen-bond donors (Lipinski definition) is 1. The second kappa shape index (κ2) is 7.23. The van der Waals surface area contributed by atoms with Crippen LogP contribution in [-0.4, -0.2) is 21.6 Å². The van der Waals surface area contributed by atoms with Crippen LogP contribution in [0.3, 0.4) is 0 Å². The molecule has 0 saturated heterocycles. The minimum atomic E-state index is -4.58. The van der Waals surface area contributed by atoms with Crippen LogP contribution in [0.2, 0.25) is 0 Å². The van der Waals surface area contributed by atoms with E-state index in [-0.39, 0.29) is 10.4 Å². The van der Waals surface area contributed by atoms with E-state index in [0.29, 0.717) is 5.52 Å². The normalized spacial score (nSPS) is 13.7. The zero-order valence-corrected chi connectivity index (χ0v) is 15.6. The molecule has 1 unspecified atom stereocenters. The van der Waals surface area contributed by atoms with Gasteiger partial charge in [0.1, 0.15) is 6.04 Å². The number of amides is 1. The minimum Gasteiger partial charge on any atom is -0.480 e. The van der Waals surface area contributed by atoms with Crippen LogP contribution in [0.1, 0.15) is 34.5 Å². The minimum absolute atomic E-state index is 0.109. The van der Waals surface area contributed by atoms with Gasteiger partial charge in [-0.1, -0.05) is 23.5 Å². The summed E-state index contributed by atoms with van der Waals surface area (Å²) in [5.74, 6) is -1.99. The van der Waals surface area contributed by atoms with Gasteiger partial charge in [-0.3, -0.25) is 4.79 Å². The van der Waals surface area contributed by atoms with Crippen LogP contribution >= 0.6 is 11.3 Å². The van der Waals surface area contributed by atoms with Crippen molar-refractivity contribution in [1.82, 2.24) is 4.57 Å². The van der Waals surface area contributed by atoms with E-state index in [1.807, 2.05) is 13.0 Å². The number of aliphatic carboxylic acids is 1. The zero-order valence-electron chi connectivity index (χ0n) is 14.8. The number of hydrogen-bond acceptors (Lipinski definition) is 3. The van der Waals surface area contributed by atoms with Gasteiger partial charge >= 0.3 is 12.1 Å². The summed E-state index contributed by atoms with van der Waals surface area (Å²) in [4.78, 5) is 28.0. The number of benzene rings is 2. The van der Waals surface area contributed by atoms with Crippen molar-refractivity contribution < 1.29 is 27.9 Å². The molecule has 28 heavy (non-hydrogen) atoms. The summed E-state index contributed by atoms with van der Waals surface area (Å²) in [7, 11) is 0. The van der Waals surface area contributed by atoms with Crippen LogP contribution in [0.5, 0.6) is 0 Å². The number of aryl methyl sites for hydroxylation is 1. The molecule has 0 saturated carbocycles. The second-order valence-electron chi connectivity index (χ2n) is 6.24. The molecule has 1 aromatic heterocycles. The van der Waals surface area contributed by atoms with Crippen molar-refractivity contribution in [2.75, 3.05) is 0 Å². The van der Waals surface area contributed by atoms with Gasteiger partial charge in [0.2, 0.25) is 0 Å². The van der Waals surface area contributed by atoms with Crippen molar-refractivity contribution in [3.63, 3.8) is 0 Å². The van der Waals surface area contributed by atoms with Crippen LogP contribution < -0.4 is 4.80 Å². The fourth-order valence-electron chi connectivity index (χ4n) is 2.69. The van der Waals surface area contributed by atoms with Gasteiger partial charge < -0.3 is 9.67 Å². The maximum atomic E-state index is 12.9. The molecule has 0 aliphatic heterocycles. The topological polar surface area (TPSA) is 71.7 Å². The lowest BCUT2D eigenvalue weighted by Gasteiger charge is -2.10. The van der Waals surface area contributed by atoms with Gasteiger partial charge in [0.05, 0.1) is 15.8 Å². The monoisotopic (exact) mass is 408 g/mol.